The largest absolute Gasteiger partial charge is 0.507 e. The number of benzene rings is 3. The summed E-state index contributed by atoms with van der Waals surface area (Å²) in [5.41, 5.74) is 4.77. The molecule has 0 aliphatic carbocycles. The van der Waals surface area contributed by atoms with Gasteiger partial charge >= 0.3 is 10.4 Å². The van der Waals surface area contributed by atoms with Crippen LogP contribution in [0.1, 0.15) is 0 Å². The third-order valence-corrected chi connectivity index (χ3v) is 8.85. The van der Waals surface area contributed by atoms with E-state index in [1.807, 2.05) is 0 Å². The Morgan fingerprint density at radius 3 is 2.14 bits per heavy atom. The molecule has 18 nitrogen and oxygen atoms in total. The summed E-state index contributed by atoms with van der Waals surface area (Å²) in [6, 6.07) is 5.41. The Hall–Kier alpha value is -3.32. The number of fused-ring (bicyclic) bond motifs is 1. The average molecular weight is 672 g/mol. The number of methoxy groups -OCH3 is 2. The van der Waals surface area contributed by atoms with Crippen molar-refractivity contribution in [2.75, 3.05) is 32.3 Å². The van der Waals surface area contributed by atoms with Gasteiger partial charge in [-0.3, -0.25) is 9.11 Å². The average Bonchev–Trinajstić information content (AvgIpc) is 2.89. The van der Waals surface area contributed by atoms with E-state index in [9.17, 15) is 34.9 Å². The summed E-state index contributed by atoms with van der Waals surface area (Å²) in [5.74, 6) is -1.88. The molecule has 3 aromatic rings. The van der Waals surface area contributed by atoms with Crippen molar-refractivity contribution < 1.29 is 67.8 Å². The van der Waals surface area contributed by atoms with Gasteiger partial charge in [-0.1, -0.05) is 5.04 Å². The number of rotatable bonds is 13. The molecule has 0 amide bonds. The first-order valence-electron chi connectivity index (χ1n) is 10.8. The summed E-state index contributed by atoms with van der Waals surface area (Å²) in [6.45, 7) is -0.909. The SMILES string of the molecule is COc1cc(S(=O)(=O)CCOS(=O)(=O)O)c(OC)cc1N=Nc1c(N)c(S(=O)(=O)O)cc2cc(SOOO)cc(O)c12. The summed E-state index contributed by atoms with van der Waals surface area (Å²) in [7, 11) is -11.8. The maximum Gasteiger partial charge on any atom is 0.397 e. The van der Waals surface area contributed by atoms with E-state index in [1.54, 1.807) is 0 Å². The number of hydrogen-bond donors (Lipinski definition) is 5. The van der Waals surface area contributed by atoms with Crippen LogP contribution in [0.5, 0.6) is 17.2 Å². The highest BCUT2D eigenvalue weighted by molar-refractivity contribution is 7.94. The van der Waals surface area contributed by atoms with E-state index in [2.05, 4.69) is 23.8 Å². The number of phenols is 1. The van der Waals surface area contributed by atoms with Gasteiger partial charge in [0.2, 0.25) is 0 Å². The van der Waals surface area contributed by atoms with Gasteiger partial charge < -0.3 is 20.3 Å². The number of nitrogens with zero attached hydrogens (tertiary/aromatic N) is 2. The molecule has 0 aliphatic rings. The highest BCUT2D eigenvalue weighted by atomic mass is 32.3. The van der Waals surface area contributed by atoms with Crippen LogP contribution in [0.15, 0.2) is 55.2 Å². The second-order valence-corrected chi connectivity index (χ2v) is 13.2. The number of sulfone groups is 1. The van der Waals surface area contributed by atoms with Crippen LogP contribution < -0.4 is 15.2 Å². The Kier molecular flexibility index (Phi) is 10.2. The van der Waals surface area contributed by atoms with E-state index in [0.717, 1.165) is 38.5 Å². The second kappa shape index (κ2) is 12.9. The molecule has 0 unspecified atom stereocenters. The highest BCUT2D eigenvalue weighted by Crippen LogP contribution is 2.45. The van der Waals surface area contributed by atoms with Crippen LogP contribution in [-0.4, -0.2) is 71.3 Å². The van der Waals surface area contributed by atoms with Crippen LogP contribution in [0.2, 0.25) is 0 Å². The third-order valence-electron chi connectivity index (χ3n) is 5.25. The molecule has 0 saturated carbocycles. The molecule has 0 radical (unpaired) electrons. The first-order valence-corrected chi connectivity index (χ1v) is 16.0. The standard InChI is InChI=1S/C20H21N3O15S4/c1-34-14-9-16(40(26,27)4-3-36-42(31,32)33)15(35-2)8-12(14)22-23-20-18-10(6-17(19(20)21)41(28,29)30)5-11(7-13(18)24)39-38-37-25/h5-9,24-25H,3-4,21H2,1-2H3,(H,28,29,30)(H,31,32,33). The van der Waals surface area contributed by atoms with Crippen molar-refractivity contribution in [1.82, 2.24) is 0 Å². The zero-order chi connectivity index (χ0) is 31.5. The van der Waals surface area contributed by atoms with Crippen LogP contribution in [0.25, 0.3) is 10.8 Å². The van der Waals surface area contributed by atoms with Crippen molar-refractivity contribution in [3.63, 3.8) is 0 Å². The van der Waals surface area contributed by atoms with E-state index in [1.165, 1.54) is 6.07 Å². The number of azo groups is 1. The monoisotopic (exact) mass is 671 g/mol. The predicted octanol–water partition coefficient (Wildman–Crippen LogP) is 2.83. The number of anilines is 1. The Bertz CT molecular complexity index is 1860. The molecular formula is C20H21N3O15S4. The molecule has 22 heteroatoms. The van der Waals surface area contributed by atoms with Gasteiger partial charge in [-0.05, 0) is 23.6 Å². The lowest BCUT2D eigenvalue weighted by Gasteiger charge is -2.14. The lowest BCUT2D eigenvalue weighted by molar-refractivity contribution is -0.432. The fourth-order valence-electron chi connectivity index (χ4n) is 3.52. The Balaban J connectivity index is 2.18. The molecule has 0 spiro atoms. The molecule has 0 aromatic heterocycles. The van der Waals surface area contributed by atoms with E-state index in [4.69, 9.17) is 25.0 Å². The van der Waals surface area contributed by atoms with Crippen molar-refractivity contribution in [1.29, 1.82) is 0 Å². The van der Waals surface area contributed by atoms with Crippen molar-refractivity contribution >= 4 is 70.2 Å². The van der Waals surface area contributed by atoms with E-state index in [-0.39, 0.29) is 32.9 Å². The lowest BCUT2D eigenvalue weighted by Crippen LogP contribution is -2.16. The van der Waals surface area contributed by atoms with Crippen LogP contribution in [-0.2, 0) is 43.9 Å². The molecule has 0 saturated heterocycles. The fourth-order valence-corrected chi connectivity index (χ4v) is 6.27. The van der Waals surface area contributed by atoms with Crippen LogP contribution >= 0.6 is 12.0 Å². The second-order valence-electron chi connectivity index (χ2n) is 7.82. The van der Waals surface area contributed by atoms with Gasteiger partial charge in [0, 0.05) is 17.0 Å². The smallest absolute Gasteiger partial charge is 0.397 e. The first-order chi connectivity index (χ1) is 19.5. The van der Waals surface area contributed by atoms with Crippen molar-refractivity contribution in [2.24, 2.45) is 10.2 Å². The summed E-state index contributed by atoms with van der Waals surface area (Å²) >= 11 is 0.442. The van der Waals surface area contributed by atoms with Gasteiger partial charge in [0.15, 0.2) is 9.84 Å². The Morgan fingerprint density at radius 1 is 0.905 bits per heavy atom. The molecule has 0 fully saturated rings. The summed E-state index contributed by atoms with van der Waals surface area (Å²) in [4.78, 5) is -1.13. The normalized spacial score (nSPS) is 12.7. The van der Waals surface area contributed by atoms with Gasteiger partial charge in [-0.25, -0.2) is 17.9 Å². The van der Waals surface area contributed by atoms with Crippen molar-refractivity contribution in [3.8, 4) is 17.2 Å². The topological polar surface area (TPSA) is 280 Å². The molecule has 3 rings (SSSR count). The summed E-state index contributed by atoms with van der Waals surface area (Å²) in [5, 5.41) is 30.3. The minimum absolute atomic E-state index is 0.0204. The van der Waals surface area contributed by atoms with Crippen molar-refractivity contribution in [2.45, 2.75) is 14.7 Å². The van der Waals surface area contributed by atoms with Gasteiger partial charge in [0.25, 0.3) is 10.1 Å². The number of ether oxygens (including phenoxy) is 2. The Labute approximate surface area is 242 Å². The maximum atomic E-state index is 12.8. The van der Waals surface area contributed by atoms with Gasteiger partial charge in [-0.2, -0.15) is 16.8 Å². The molecule has 6 N–H and O–H groups in total. The highest BCUT2D eigenvalue weighted by Gasteiger charge is 2.25. The van der Waals surface area contributed by atoms with E-state index >= 15 is 0 Å². The fraction of sp³-hybridized carbons (Fsp3) is 0.200. The van der Waals surface area contributed by atoms with E-state index in [0.29, 0.717) is 12.0 Å². The predicted molar refractivity (Wildman–Crippen MR) is 144 cm³/mol. The lowest BCUT2D eigenvalue weighted by atomic mass is 10.1. The van der Waals surface area contributed by atoms with Crippen LogP contribution in [0, 0.1) is 0 Å². The molecule has 0 bridgehead atoms. The molecule has 0 atom stereocenters. The minimum atomic E-state index is -4.92. The van der Waals surface area contributed by atoms with E-state index < -0.39 is 69.6 Å². The number of nitrogen functional groups attached to an aromatic ring is 1. The molecule has 0 aliphatic heterocycles. The zero-order valence-electron chi connectivity index (χ0n) is 21.2. The Morgan fingerprint density at radius 2 is 1.57 bits per heavy atom. The minimum Gasteiger partial charge on any atom is -0.507 e. The molecular weight excluding hydrogens is 650 g/mol. The van der Waals surface area contributed by atoms with Crippen LogP contribution in [0.4, 0.5) is 17.1 Å². The molecule has 3 aromatic carbocycles. The van der Waals surface area contributed by atoms with Gasteiger partial charge in [0.05, 0.1) is 49.7 Å². The van der Waals surface area contributed by atoms with Crippen molar-refractivity contribution in [3.05, 3.63) is 30.3 Å². The number of phenolic OH excluding ortho intramolecular Hbond substituents is 1. The zero-order valence-corrected chi connectivity index (χ0v) is 24.5. The molecule has 230 valence electrons. The first kappa shape index (κ1) is 33.2. The number of hydrogen-bond acceptors (Lipinski definition) is 17. The third kappa shape index (κ3) is 7.74. The quantitative estimate of drug-likeness (QED) is 0.0436. The van der Waals surface area contributed by atoms with Gasteiger partial charge in [0.1, 0.15) is 38.4 Å². The molecule has 0 heterocycles. The van der Waals surface area contributed by atoms with Crippen LogP contribution in [0.3, 0.4) is 0 Å². The summed E-state index contributed by atoms with van der Waals surface area (Å²) in [6.07, 6.45) is 0. The summed E-state index contributed by atoms with van der Waals surface area (Å²) < 4.78 is 108. The number of nitrogens with two attached hydrogens (primary N) is 1. The maximum absolute atomic E-state index is 12.8. The van der Waals surface area contributed by atoms with Gasteiger partial charge in [-0.15, -0.1) is 14.6 Å². The molecule has 42 heavy (non-hydrogen) atoms. The number of aromatic hydroxyl groups is 1.